The van der Waals surface area contributed by atoms with E-state index in [-0.39, 0.29) is 18.2 Å². The van der Waals surface area contributed by atoms with Crippen LogP contribution in [0.1, 0.15) is 24.6 Å². The Morgan fingerprint density at radius 2 is 2.25 bits per heavy atom. The Bertz CT molecular complexity index is 581. The van der Waals surface area contributed by atoms with E-state index in [0.717, 1.165) is 12.8 Å². The fourth-order valence-electron chi connectivity index (χ4n) is 2.52. The van der Waals surface area contributed by atoms with Gasteiger partial charge in [0.2, 0.25) is 0 Å². The van der Waals surface area contributed by atoms with Crippen molar-refractivity contribution >= 4 is 11.8 Å². The summed E-state index contributed by atoms with van der Waals surface area (Å²) in [6.07, 6.45) is 2.08. The van der Waals surface area contributed by atoms with Crippen LogP contribution in [0.3, 0.4) is 0 Å². The van der Waals surface area contributed by atoms with Crippen molar-refractivity contribution in [1.82, 2.24) is 9.97 Å². The number of nitrogens with one attached hydrogen (secondary N) is 1. The van der Waals surface area contributed by atoms with Crippen molar-refractivity contribution in [3.8, 4) is 0 Å². The molecule has 1 aromatic heterocycles. The molecule has 1 saturated heterocycles. The molecule has 108 valence electrons. The minimum Gasteiger partial charge on any atom is -0.481 e. The number of carbonyl (C=O) groups is 1. The smallest absolute Gasteiger partial charge is 0.311 e. The standard InChI is InChI=1S/C13H17N3O4/c1-16(9-6-20-5-8(9)13(18)19)10-4-11(17)15-12(14-10)7-2-3-7/h4,7-9H,2-3,5-6H2,1H3,(H,18,19)(H,14,15,17). The van der Waals surface area contributed by atoms with Gasteiger partial charge in [0.25, 0.3) is 5.56 Å². The molecule has 20 heavy (non-hydrogen) atoms. The second-order valence-electron chi connectivity index (χ2n) is 5.42. The number of rotatable bonds is 4. The van der Waals surface area contributed by atoms with Crippen LogP contribution in [0.15, 0.2) is 10.9 Å². The molecule has 2 atom stereocenters. The maximum atomic E-state index is 11.7. The summed E-state index contributed by atoms with van der Waals surface area (Å²) >= 11 is 0. The van der Waals surface area contributed by atoms with Crippen molar-refractivity contribution in [1.29, 1.82) is 0 Å². The van der Waals surface area contributed by atoms with Crippen LogP contribution in [-0.2, 0) is 9.53 Å². The number of aromatic amines is 1. The zero-order chi connectivity index (χ0) is 14.3. The lowest BCUT2D eigenvalue weighted by Crippen LogP contribution is -2.41. The number of H-pyrrole nitrogens is 1. The Hall–Kier alpha value is -1.89. The quantitative estimate of drug-likeness (QED) is 0.816. The van der Waals surface area contributed by atoms with Gasteiger partial charge in [-0.15, -0.1) is 0 Å². The van der Waals surface area contributed by atoms with E-state index in [4.69, 9.17) is 4.74 Å². The molecule has 0 bridgehead atoms. The Balaban J connectivity index is 1.88. The summed E-state index contributed by atoms with van der Waals surface area (Å²) in [4.78, 5) is 31.9. The van der Waals surface area contributed by atoms with Crippen LogP contribution < -0.4 is 10.5 Å². The highest BCUT2D eigenvalue weighted by Crippen LogP contribution is 2.38. The number of hydrogen-bond acceptors (Lipinski definition) is 5. The number of aromatic nitrogens is 2. The van der Waals surface area contributed by atoms with Crippen molar-refractivity contribution in [3.05, 3.63) is 22.2 Å². The molecule has 1 aliphatic heterocycles. The number of carboxylic acid groups (broad SMARTS) is 1. The Morgan fingerprint density at radius 3 is 2.90 bits per heavy atom. The Morgan fingerprint density at radius 1 is 1.50 bits per heavy atom. The average Bonchev–Trinajstić information content (AvgIpc) is 3.14. The highest BCUT2D eigenvalue weighted by atomic mass is 16.5. The highest BCUT2D eigenvalue weighted by Gasteiger charge is 2.37. The molecule has 2 heterocycles. The minimum absolute atomic E-state index is 0.197. The number of likely N-dealkylation sites (N-methyl/N-ethyl adjacent to an activating group) is 1. The largest absolute Gasteiger partial charge is 0.481 e. The predicted octanol–water partition coefficient (Wildman–Crippen LogP) is 0.183. The molecule has 1 saturated carbocycles. The van der Waals surface area contributed by atoms with Gasteiger partial charge in [-0.1, -0.05) is 0 Å². The predicted molar refractivity (Wildman–Crippen MR) is 71.0 cm³/mol. The molecule has 7 heteroatoms. The third-order valence-electron chi connectivity index (χ3n) is 3.94. The summed E-state index contributed by atoms with van der Waals surface area (Å²) in [5.41, 5.74) is -0.199. The van der Waals surface area contributed by atoms with Gasteiger partial charge >= 0.3 is 5.97 Å². The average molecular weight is 279 g/mol. The summed E-state index contributed by atoms with van der Waals surface area (Å²) in [6.45, 7) is 0.531. The third-order valence-corrected chi connectivity index (χ3v) is 3.94. The Labute approximate surface area is 115 Å². The number of carboxylic acids is 1. The maximum Gasteiger partial charge on any atom is 0.311 e. The molecular formula is C13H17N3O4. The second-order valence-corrected chi connectivity index (χ2v) is 5.42. The first-order chi connectivity index (χ1) is 9.56. The van der Waals surface area contributed by atoms with Crippen molar-refractivity contribution in [2.45, 2.75) is 24.8 Å². The molecule has 3 rings (SSSR count). The van der Waals surface area contributed by atoms with Crippen LogP contribution >= 0.6 is 0 Å². The van der Waals surface area contributed by atoms with E-state index in [1.54, 1.807) is 11.9 Å². The third kappa shape index (κ3) is 2.40. The lowest BCUT2D eigenvalue weighted by atomic mass is 10.0. The van der Waals surface area contributed by atoms with E-state index < -0.39 is 11.9 Å². The summed E-state index contributed by atoms with van der Waals surface area (Å²) in [5.74, 6) is 0.0748. The minimum atomic E-state index is -0.883. The fourth-order valence-corrected chi connectivity index (χ4v) is 2.52. The number of aliphatic carboxylic acids is 1. The van der Waals surface area contributed by atoms with Gasteiger partial charge in [-0.25, -0.2) is 4.98 Å². The normalized spacial score (nSPS) is 25.6. The zero-order valence-electron chi connectivity index (χ0n) is 11.2. The fraction of sp³-hybridized carbons (Fsp3) is 0.615. The topological polar surface area (TPSA) is 95.5 Å². The monoisotopic (exact) mass is 279 g/mol. The van der Waals surface area contributed by atoms with E-state index >= 15 is 0 Å². The van der Waals surface area contributed by atoms with Gasteiger partial charge in [-0.2, -0.15) is 0 Å². The number of nitrogens with zero attached hydrogens (tertiary/aromatic N) is 2. The molecule has 1 aromatic rings. The van der Waals surface area contributed by atoms with E-state index in [0.29, 0.717) is 24.2 Å². The van der Waals surface area contributed by atoms with Gasteiger partial charge in [-0.3, -0.25) is 9.59 Å². The van der Waals surface area contributed by atoms with Gasteiger partial charge in [0.1, 0.15) is 17.6 Å². The summed E-state index contributed by atoms with van der Waals surface area (Å²) < 4.78 is 5.26. The van der Waals surface area contributed by atoms with Crippen LogP contribution in [0.5, 0.6) is 0 Å². The van der Waals surface area contributed by atoms with E-state index in [1.807, 2.05) is 0 Å². The van der Waals surface area contributed by atoms with Crippen LogP contribution in [0.25, 0.3) is 0 Å². The maximum absolute atomic E-state index is 11.7. The molecule has 0 spiro atoms. The molecule has 0 aromatic carbocycles. The first kappa shape index (κ1) is 13.1. The second kappa shape index (κ2) is 4.90. The number of ether oxygens (including phenoxy) is 1. The Kier molecular flexibility index (Phi) is 3.21. The van der Waals surface area contributed by atoms with Gasteiger partial charge in [0, 0.05) is 19.0 Å². The van der Waals surface area contributed by atoms with Crippen LogP contribution in [0.2, 0.25) is 0 Å². The molecule has 7 nitrogen and oxygen atoms in total. The highest BCUT2D eigenvalue weighted by molar-refractivity contribution is 5.72. The first-order valence-electron chi connectivity index (χ1n) is 6.71. The van der Waals surface area contributed by atoms with Crippen molar-refractivity contribution < 1.29 is 14.6 Å². The molecule has 1 aliphatic carbocycles. The van der Waals surface area contributed by atoms with E-state index in [1.165, 1.54) is 6.07 Å². The molecule has 2 aliphatic rings. The lowest BCUT2D eigenvalue weighted by Gasteiger charge is -2.27. The number of anilines is 1. The molecule has 2 unspecified atom stereocenters. The summed E-state index contributed by atoms with van der Waals surface area (Å²) in [7, 11) is 1.76. The lowest BCUT2D eigenvalue weighted by molar-refractivity contribution is -0.141. The van der Waals surface area contributed by atoms with Crippen molar-refractivity contribution in [3.63, 3.8) is 0 Å². The van der Waals surface area contributed by atoms with Crippen molar-refractivity contribution in [2.75, 3.05) is 25.2 Å². The SMILES string of the molecule is CN(c1cc(=O)[nH]c(C2CC2)n1)C1COCC1C(=O)O. The van der Waals surface area contributed by atoms with Crippen LogP contribution in [0, 0.1) is 5.92 Å². The molecule has 0 radical (unpaired) electrons. The molecule has 2 fully saturated rings. The van der Waals surface area contributed by atoms with E-state index in [9.17, 15) is 14.7 Å². The van der Waals surface area contributed by atoms with Crippen LogP contribution in [-0.4, -0.2) is 47.3 Å². The summed E-state index contributed by atoms with van der Waals surface area (Å²) in [5, 5.41) is 9.19. The van der Waals surface area contributed by atoms with Crippen LogP contribution in [0.4, 0.5) is 5.82 Å². The van der Waals surface area contributed by atoms with E-state index in [2.05, 4.69) is 9.97 Å². The molecule has 0 amide bonds. The number of hydrogen-bond donors (Lipinski definition) is 2. The summed E-state index contributed by atoms with van der Waals surface area (Å²) in [6, 6.07) is 1.11. The van der Waals surface area contributed by atoms with Gasteiger partial charge in [0.15, 0.2) is 0 Å². The first-order valence-corrected chi connectivity index (χ1v) is 6.71. The molecule has 2 N–H and O–H groups in total. The van der Waals surface area contributed by atoms with Gasteiger partial charge in [0.05, 0.1) is 19.3 Å². The molecular weight excluding hydrogens is 262 g/mol. The van der Waals surface area contributed by atoms with Gasteiger partial charge < -0.3 is 19.7 Å². The van der Waals surface area contributed by atoms with Gasteiger partial charge in [-0.05, 0) is 12.8 Å². The van der Waals surface area contributed by atoms with Crippen molar-refractivity contribution in [2.24, 2.45) is 5.92 Å². The zero-order valence-corrected chi connectivity index (χ0v) is 11.2.